The van der Waals surface area contributed by atoms with Crippen molar-refractivity contribution in [3.63, 3.8) is 0 Å². The minimum absolute atomic E-state index is 0.235. The number of hydrogen-bond acceptors (Lipinski definition) is 2. The second kappa shape index (κ2) is 6.20. The van der Waals surface area contributed by atoms with Crippen molar-refractivity contribution in [1.82, 2.24) is 5.32 Å². The minimum atomic E-state index is -0.860. The van der Waals surface area contributed by atoms with Crippen LogP contribution in [0, 0.1) is 3.57 Å². The summed E-state index contributed by atoms with van der Waals surface area (Å²) in [5.41, 5.74) is -0.0944. The fourth-order valence-electron chi connectivity index (χ4n) is 1.12. The van der Waals surface area contributed by atoms with Crippen LogP contribution in [0.2, 0.25) is 0 Å². The Kier molecular flexibility index (Phi) is 5.20. The molecule has 0 aliphatic carbocycles. The van der Waals surface area contributed by atoms with Gasteiger partial charge in [-0.3, -0.25) is 0 Å². The van der Waals surface area contributed by atoms with Crippen molar-refractivity contribution in [1.29, 1.82) is 0 Å². The molecular weight excluding hydrogens is 331 g/mol. The number of nitrogens with one attached hydrogen (secondary N) is 2. The van der Waals surface area contributed by atoms with Crippen molar-refractivity contribution < 1.29 is 9.90 Å². The third kappa shape index (κ3) is 4.91. The normalized spacial score (nSPS) is 13.9. The van der Waals surface area contributed by atoms with E-state index in [1.54, 1.807) is 6.92 Å². The molecule has 94 valence electrons. The van der Waals surface area contributed by atoms with Crippen LogP contribution < -0.4 is 10.6 Å². The van der Waals surface area contributed by atoms with Crippen LogP contribution >= 0.6 is 22.6 Å². The number of carbonyl (C=O) groups excluding carboxylic acids is 1. The lowest BCUT2D eigenvalue weighted by Crippen LogP contribution is -2.41. The molecule has 0 unspecified atom stereocenters. The van der Waals surface area contributed by atoms with Crippen LogP contribution in [0.15, 0.2) is 24.3 Å². The molecule has 1 rings (SSSR count). The average molecular weight is 348 g/mol. The Morgan fingerprint density at radius 3 is 2.71 bits per heavy atom. The van der Waals surface area contributed by atoms with Crippen LogP contribution in [-0.4, -0.2) is 23.3 Å². The topological polar surface area (TPSA) is 61.4 Å². The molecule has 0 fully saturated rings. The van der Waals surface area contributed by atoms with Crippen molar-refractivity contribution in [3.05, 3.63) is 27.8 Å². The van der Waals surface area contributed by atoms with Gasteiger partial charge in [0, 0.05) is 10.1 Å². The van der Waals surface area contributed by atoms with E-state index in [9.17, 15) is 9.90 Å². The predicted octanol–water partition coefficient (Wildman–Crippen LogP) is 2.57. The summed E-state index contributed by atoms with van der Waals surface area (Å²) in [7, 11) is 0. The van der Waals surface area contributed by atoms with Gasteiger partial charge in [-0.15, -0.1) is 0 Å². The number of hydrogen-bond donors (Lipinski definition) is 3. The SMILES string of the molecule is CC[C@@](C)(O)CNC(=O)Nc1ccccc1I. The summed E-state index contributed by atoms with van der Waals surface area (Å²) in [5.74, 6) is 0. The standard InChI is InChI=1S/C12H17IN2O2/c1-3-12(2,17)8-14-11(16)15-10-7-5-4-6-9(10)13/h4-7,17H,3,8H2,1-2H3,(H2,14,15,16)/t12-/m1/s1. The van der Waals surface area contributed by atoms with Gasteiger partial charge in [0.2, 0.25) is 0 Å². The van der Waals surface area contributed by atoms with Crippen LogP contribution in [0.25, 0.3) is 0 Å². The van der Waals surface area contributed by atoms with Gasteiger partial charge >= 0.3 is 6.03 Å². The summed E-state index contributed by atoms with van der Waals surface area (Å²) in [4.78, 5) is 11.6. The van der Waals surface area contributed by atoms with E-state index in [0.29, 0.717) is 6.42 Å². The maximum atomic E-state index is 11.6. The zero-order chi connectivity index (χ0) is 12.9. The summed E-state index contributed by atoms with van der Waals surface area (Å²) < 4.78 is 0.975. The van der Waals surface area contributed by atoms with Crippen molar-refractivity contribution >= 4 is 34.3 Å². The molecule has 3 N–H and O–H groups in total. The van der Waals surface area contributed by atoms with Crippen LogP contribution in [-0.2, 0) is 0 Å². The number of halogens is 1. The highest BCUT2D eigenvalue weighted by molar-refractivity contribution is 14.1. The maximum Gasteiger partial charge on any atom is 0.319 e. The number of amides is 2. The lowest BCUT2D eigenvalue weighted by molar-refractivity contribution is 0.0587. The number of rotatable bonds is 4. The zero-order valence-corrected chi connectivity index (χ0v) is 12.1. The molecule has 0 aliphatic rings. The number of urea groups is 1. The van der Waals surface area contributed by atoms with Crippen LogP contribution in [0.5, 0.6) is 0 Å². The number of aliphatic hydroxyl groups is 1. The molecular formula is C12H17IN2O2. The molecule has 0 spiro atoms. The van der Waals surface area contributed by atoms with Gasteiger partial charge in [-0.05, 0) is 48.1 Å². The first kappa shape index (κ1) is 14.2. The fourth-order valence-corrected chi connectivity index (χ4v) is 1.65. The van der Waals surface area contributed by atoms with Crippen molar-refractivity contribution in [3.8, 4) is 0 Å². The third-order valence-corrected chi connectivity index (χ3v) is 3.45. The van der Waals surface area contributed by atoms with E-state index in [-0.39, 0.29) is 12.6 Å². The molecule has 17 heavy (non-hydrogen) atoms. The lowest BCUT2D eigenvalue weighted by Gasteiger charge is -2.21. The smallest absolute Gasteiger partial charge is 0.319 e. The largest absolute Gasteiger partial charge is 0.388 e. The first-order valence-corrected chi connectivity index (χ1v) is 6.54. The summed E-state index contributed by atoms with van der Waals surface area (Å²) in [6.07, 6.45) is 0.593. The van der Waals surface area contributed by atoms with Gasteiger partial charge in [-0.2, -0.15) is 0 Å². The van der Waals surface area contributed by atoms with E-state index in [1.165, 1.54) is 0 Å². The average Bonchev–Trinajstić information content (AvgIpc) is 2.30. The Hall–Kier alpha value is -0.820. The van der Waals surface area contributed by atoms with Crippen LogP contribution in [0.1, 0.15) is 20.3 Å². The van der Waals surface area contributed by atoms with Gasteiger partial charge in [0.05, 0.1) is 11.3 Å². The predicted molar refractivity (Wildman–Crippen MR) is 77.1 cm³/mol. The highest BCUT2D eigenvalue weighted by Gasteiger charge is 2.18. The lowest BCUT2D eigenvalue weighted by atomic mass is 10.0. The second-order valence-corrected chi connectivity index (χ2v) is 5.30. The Morgan fingerprint density at radius 1 is 1.47 bits per heavy atom. The van der Waals surface area contributed by atoms with Crippen LogP contribution in [0.4, 0.5) is 10.5 Å². The fraction of sp³-hybridized carbons (Fsp3) is 0.417. The number of para-hydroxylation sites is 1. The van der Waals surface area contributed by atoms with E-state index >= 15 is 0 Å². The van der Waals surface area contributed by atoms with Crippen molar-refractivity contribution in [2.75, 3.05) is 11.9 Å². The van der Waals surface area contributed by atoms with Gasteiger partial charge in [0.15, 0.2) is 0 Å². The molecule has 4 nitrogen and oxygen atoms in total. The third-order valence-electron chi connectivity index (χ3n) is 2.51. The Balaban J connectivity index is 2.48. The molecule has 0 bridgehead atoms. The van der Waals surface area contributed by atoms with E-state index in [2.05, 4.69) is 33.2 Å². The zero-order valence-electron chi connectivity index (χ0n) is 9.96. The summed E-state index contributed by atoms with van der Waals surface area (Å²) >= 11 is 2.15. The maximum absolute atomic E-state index is 11.6. The van der Waals surface area contributed by atoms with Gasteiger partial charge in [0.25, 0.3) is 0 Å². The molecule has 1 atom stereocenters. The first-order valence-electron chi connectivity index (χ1n) is 5.46. The monoisotopic (exact) mass is 348 g/mol. The number of carbonyl (C=O) groups is 1. The van der Waals surface area contributed by atoms with Gasteiger partial charge in [-0.25, -0.2) is 4.79 Å². The van der Waals surface area contributed by atoms with Crippen molar-refractivity contribution in [2.45, 2.75) is 25.9 Å². The van der Waals surface area contributed by atoms with Gasteiger partial charge in [0.1, 0.15) is 0 Å². The molecule has 0 saturated carbocycles. The summed E-state index contributed by atoms with van der Waals surface area (Å²) in [6.45, 7) is 3.80. The molecule has 0 saturated heterocycles. The summed E-state index contributed by atoms with van der Waals surface area (Å²) in [6, 6.07) is 7.22. The highest BCUT2D eigenvalue weighted by atomic mass is 127. The molecule has 0 heterocycles. The Morgan fingerprint density at radius 2 is 2.12 bits per heavy atom. The summed E-state index contributed by atoms with van der Waals surface area (Å²) in [5, 5.41) is 15.1. The number of anilines is 1. The van der Waals surface area contributed by atoms with Gasteiger partial charge < -0.3 is 15.7 Å². The molecule has 0 aliphatic heterocycles. The molecule has 0 radical (unpaired) electrons. The van der Waals surface area contributed by atoms with Gasteiger partial charge in [-0.1, -0.05) is 19.1 Å². The molecule has 5 heteroatoms. The molecule has 2 amide bonds. The minimum Gasteiger partial charge on any atom is -0.388 e. The van der Waals surface area contributed by atoms with E-state index in [4.69, 9.17) is 0 Å². The van der Waals surface area contributed by atoms with Crippen LogP contribution in [0.3, 0.4) is 0 Å². The Labute approximate surface area is 115 Å². The van der Waals surface area contributed by atoms with E-state index < -0.39 is 5.60 Å². The Bertz CT molecular complexity index is 394. The molecule has 0 aromatic heterocycles. The number of benzene rings is 1. The first-order chi connectivity index (χ1) is 7.94. The molecule has 1 aromatic carbocycles. The molecule has 1 aromatic rings. The highest BCUT2D eigenvalue weighted by Crippen LogP contribution is 2.16. The van der Waals surface area contributed by atoms with Crippen molar-refractivity contribution in [2.24, 2.45) is 0 Å². The quantitative estimate of drug-likeness (QED) is 0.733. The van der Waals surface area contributed by atoms with E-state index in [0.717, 1.165) is 9.26 Å². The van der Waals surface area contributed by atoms with E-state index in [1.807, 2.05) is 31.2 Å². The second-order valence-electron chi connectivity index (χ2n) is 4.14.